The van der Waals surface area contributed by atoms with Crippen molar-refractivity contribution in [1.82, 2.24) is 4.90 Å². The van der Waals surface area contributed by atoms with E-state index in [9.17, 15) is 13.5 Å². The predicted octanol–water partition coefficient (Wildman–Crippen LogP) is 5.43. The molecule has 32 heavy (non-hydrogen) atoms. The summed E-state index contributed by atoms with van der Waals surface area (Å²) >= 11 is 14.1. The topological polar surface area (TPSA) is 96.0 Å². The second-order valence-corrected chi connectivity index (χ2v) is 12.1. The Balaban J connectivity index is 0.00000289. The number of halogens is 3. The number of nitrogens with two attached hydrogens (primary N) is 1. The Labute approximate surface area is 215 Å². The number of amidine groups is 1. The molecule has 0 amide bonds. The predicted molar refractivity (Wildman–Crippen MR) is 138 cm³/mol. The molecule has 3 N–H and O–H groups in total. The van der Waals surface area contributed by atoms with E-state index in [1.807, 2.05) is 4.90 Å². The van der Waals surface area contributed by atoms with Crippen LogP contribution in [0.15, 0.2) is 22.0 Å². The molecule has 1 unspecified atom stereocenters. The Morgan fingerprint density at radius 1 is 1.03 bits per heavy atom. The zero-order valence-corrected chi connectivity index (χ0v) is 22.7. The van der Waals surface area contributed by atoms with Gasteiger partial charge in [-0.25, -0.2) is 13.6 Å². The Morgan fingerprint density at radius 2 is 1.62 bits per heavy atom. The van der Waals surface area contributed by atoms with Crippen molar-refractivity contribution in [3.63, 3.8) is 0 Å². The fourth-order valence-corrected chi connectivity index (χ4v) is 7.74. The lowest BCUT2D eigenvalue weighted by Gasteiger charge is -2.42. The van der Waals surface area contributed by atoms with Crippen LogP contribution < -0.4 is 5.14 Å². The maximum atomic E-state index is 12.1. The van der Waals surface area contributed by atoms with Crippen molar-refractivity contribution in [2.24, 2.45) is 10.1 Å². The van der Waals surface area contributed by atoms with Crippen LogP contribution in [0, 0.1) is 0 Å². The third-order valence-electron chi connectivity index (χ3n) is 6.57. The summed E-state index contributed by atoms with van der Waals surface area (Å²) < 4.78 is 24.1. The van der Waals surface area contributed by atoms with E-state index in [1.54, 1.807) is 0 Å². The van der Waals surface area contributed by atoms with Gasteiger partial charge in [0.05, 0.1) is 21.8 Å². The minimum absolute atomic E-state index is 0. The van der Waals surface area contributed by atoms with E-state index in [0.29, 0.717) is 11.3 Å². The third kappa shape index (κ3) is 5.44. The van der Waals surface area contributed by atoms with E-state index in [4.69, 9.17) is 33.3 Å². The summed E-state index contributed by atoms with van der Waals surface area (Å²) in [5.41, 5.74) is -1.16. The zero-order valence-electron chi connectivity index (χ0n) is 17.8. The Kier molecular flexibility index (Phi) is 8.89. The van der Waals surface area contributed by atoms with Crippen molar-refractivity contribution in [2.75, 3.05) is 5.75 Å². The van der Waals surface area contributed by atoms with Gasteiger partial charge in [0, 0.05) is 11.6 Å². The van der Waals surface area contributed by atoms with Crippen molar-refractivity contribution in [1.29, 1.82) is 0 Å². The number of rotatable bonds is 4. The summed E-state index contributed by atoms with van der Waals surface area (Å²) in [7, 11) is -4.06. The van der Waals surface area contributed by atoms with Crippen LogP contribution in [-0.4, -0.2) is 41.4 Å². The van der Waals surface area contributed by atoms with Crippen LogP contribution in [0.1, 0.15) is 69.8 Å². The Morgan fingerprint density at radius 3 is 2.22 bits per heavy atom. The first kappa shape index (κ1) is 26.6. The van der Waals surface area contributed by atoms with E-state index in [2.05, 4.69) is 0 Å². The monoisotopic (exact) mass is 585 g/mol. The molecule has 0 spiro atoms. The van der Waals surface area contributed by atoms with Gasteiger partial charge in [0.2, 0.25) is 10.0 Å². The molecular weight excluding hydrogens is 557 g/mol. The van der Waals surface area contributed by atoms with E-state index in [-0.39, 0.29) is 44.0 Å². The summed E-state index contributed by atoms with van der Waals surface area (Å²) in [4.78, 5) is 6.84. The molecule has 11 heteroatoms. The summed E-state index contributed by atoms with van der Waals surface area (Å²) in [6, 6.07) is 3.09. The second-order valence-electron chi connectivity index (χ2n) is 8.78. The molecule has 6 nitrogen and oxygen atoms in total. The lowest BCUT2D eigenvalue weighted by atomic mass is 9.91. The van der Waals surface area contributed by atoms with Gasteiger partial charge in [-0.15, -0.1) is 17.0 Å². The summed E-state index contributed by atoms with van der Waals surface area (Å²) in [5, 5.41) is 18.4. The molecule has 0 aromatic heterocycles. The summed E-state index contributed by atoms with van der Waals surface area (Å²) in [5.74, 6) is 0.320. The van der Waals surface area contributed by atoms with Gasteiger partial charge in [-0.1, -0.05) is 73.5 Å². The molecule has 1 atom stereocenters. The lowest BCUT2D eigenvalue weighted by Crippen LogP contribution is -2.51. The molecule has 0 bridgehead atoms. The van der Waals surface area contributed by atoms with Gasteiger partial charge in [-0.3, -0.25) is 4.99 Å². The molecule has 3 aliphatic rings. The first-order valence-electron chi connectivity index (χ1n) is 10.9. The second kappa shape index (κ2) is 10.7. The van der Waals surface area contributed by atoms with E-state index < -0.39 is 15.7 Å². The standard InChI is InChI=1S/C21H29Cl2N3O3S2.BrH/c22-17-12-18(23)19(31(24,28)29)11-16(17)21(27)13-30-20(25-14-7-3-1-4-8-14)26(21)15-9-5-2-6-10-15;/h11-12,14-15,27H,1-10,13H2,(H2,24,28,29);1H. The molecule has 1 aromatic rings. The average Bonchev–Trinajstić information content (AvgIpc) is 3.05. The zero-order chi connectivity index (χ0) is 22.2. The van der Waals surface area contributed by atoms with Gasteiger partial charge >= 0.3 is 0 Å². The van der Waals surface area contributed by atoms with Crippen LogP contribution >= 0.6 is 51.9 Å². The van der Waals surface area contributed by atoms with Crippen LogP contribution in [0.5, 0.6) is 0 Å². The van der Waals surface area contributed by atoms with Crippen molar-refractivity contribution in [3.05, 3.63) is 27.7 Å². The fraction of sp³-hybridized carbons (Fsp3) is 0.667. The number of benzene rings is 1. The molecule has 0 radical (unpaired) electrons. The first-order chi connectivity index (χ1) is 14.7. The molecule has 2 aliphatic carbocycles. The molecule has 1 aromatic carbocycles. The quantitative estimate of drug-likeness (QED) is 0.490. The van der Waals surface area contributed by atoms with Crippen LogP contribution in [-0.2, 0) is 15.7 Å². The van der Waals surface area contributed by atoms with E-state index >= 15 is 0 Å². The fourth-order valence-electron chi connectivity index (χ4n) is 4.99. The SMILES string of the molecule is Br.NS(=O)(=O)c1cc(C2(O)CSC(=NC3CCCCC3)N2C2CCCCC2)c(Cl)cc1Cl. The van der Waals surface area contributed by atoms with Gasteiger partial charge in [-0.05, 0) is 37.8 Å². The number of nitrogens with zero attached hydrogens (tertiary/aromatic N) is 2. The largest absolute Gasteiger partial charge is 0.366 e. The lowest BCUT2D eigenvalue weighted by molar-refractivity contribution is -0.0736. The molecule has 3 fully saturated rings. The van der Waals surface area contributed by atoms with Gasteiger partial charge in [0.1, 0.15) is 4.90 Å². The summed E-state index contributed by atoms with van der Waals surface area (Å²) in [6.45, 7) is 0. The molecule has 2 saturated carbocycles. The van der Waals surface area contributed by atoms with Crippen molar-refractivity contribution < 1.29 is 13.5 Å². The Hall–Kier alpha value is -0.0300. The molecule has 1 heterocycles. The smallest absolute Gasteiger partial charge is 0.239 e. The molecule has 1 saturated heterocycles. The number of thioether (sulfide) groups is 1. The highest BCUT2D eigenvalue weighted by atomic mass is 79.9. The number of hydrogen-bond donors (Lipinski definition) is 2. The van der Waals surface area contributed by atoms with Crippen molar-refractivity contribution in [3.8, 4) is 0 Å². The maximum Gasteiger partial charge on any atom is 0.239 e. The van der Waals surface area contributed by atoms with E-state index in [0.717, 1.165) is 43.7 Å². The number of aliphatic imine (C=N–C) groups is 1. The normalized spacial score (nSPS) is 27.0. The van der Waals surface area contributed by atoms with Gasteiger partial charge in [0.15, 0.2) is 10.9 Å². The van der Waals surface area contributed by atoms with Gasteiger partial charge in [0.25, 0.3) is 0 Å². The first-order valence-corrected chi connectivity index (χ1v) is 14.2. The van der Waals surface area contributed by atoms with Crippen LogP contribution in [0.3, 0.4) is 0 Å². The minimum atomic E-state index is -4.06. The van der Waals surface area contributed by atoms with Crippen molar-refractivity contribution in [2.45, 2.75) is 86.9 Å². The highest BCUT2D eigenvalue weighted by molar-refractivity contribution is 8.93. The highest BCUT2D eigenvalue weighted by Gasteiger charge is 2.49. The van der Waals surface area contributed by atoms with Crippen LogP contribution in [0.25, 0.3) is 0 Å². The van der Waals surface area contributed by atoms with Crippen molar-refractivity contribution >= 4 is 67.1 Å². The molecule has 4 rings (SSSR count). The minimum Gasteiger partial charge on any atom is -0.366 e. The average molecular weight is 587 g/mol. The van der Waals surface area contributed by atoms with Gasteiger partial charge < -0.3 is 10.0 Å². The number of aliphatic hydroxyl groups is 1. The Bertz CT molecular complexity index is 967. The number of primary sulfonamides is 1. The van der Waals surface area contributed by atoms with Crippen LogP contribution in [0.2, 0.25) is 10.0 Å². The summed E-state index contributed by atoms with van der Waals surface area (Å²) in [6.07, 6.45) is 11.0. The molecular formula is C21H30BrCl2N3O3S2. The molecule has 180 valence electrons. The van der Waals surface area contributed by atoms with E-state index in [1.165, 1.54) is 49.6 Å². The maximum absolute atomic E-state index is 12.1. The van der Waals surface area contributed by atoms with Gasteiger partial charge in [-0.2, -0.15) is 0 Å². The number of sulfonamides is 1. The van der Waals surface area contributed by atoms with Crippen LogP contribution in [0.4, 0.5) is 0 Å². The molecule has 1 aliphatic heterocycles. The highest BCUT2D eigenvalue weighted by Crippen LogP contribution is 2.47. The third-order valence-corrected chi connectivity index (χ3v) is 9.37. The number of hydrogen-bond acceptors (Lipinski definition) is 5.